The smallest absolute Gasteiger partial charge is 0.248 e. The molecule has 1 saturated heterocycles. The van der Waals surface area contributed by atoms with Gasteiger partial charge in [0.15, 0.2) is 0 Å². The molecule has 2 aliphatic rings. The zero-order chi connectivity index (χ0) is 14.8. The normalized spacial score (nSPS) is 25.4. The summed E-state index contributed by atoms with van der Waals surface area (Å²) in [5, 5.41) is 2.93. The van der Waals surface area contributed by atoms with Crippen LogP contribution in [0.15, 0.2) is 0 Å². The van der Waals surface area contributed by atoms with E-state index in [0.717, 1.165) is 6.54 Å². The lowest BCUT2D eigenvalue weighted by Gasteiger charge is -2.45. The Kier molecular flexibility index (Phi) is 4.40. The molecule has 2 amide bonds. The van der Waals surface area contributed by atoms with Gasteiger partial charge in [-0.2, -0.15) is 0 Å². The molecule has 0 aromatic rings. The topological polar surface area (TPSA) is 49.4 Å². The molecule has 0 atom stereocenters. The van der Waals surface area contributed by atoms with Gasteiger partial charge in [-0.1, -0.05) is 40.0 Å². The number of carbonyl (C=O) groups excluding carboxylic acids is 2. The van der Waals surface area contributed by atoms with E-state index in [2.05, 4.69) is 12.2 Å². The third kappa shape index (κ3) is 2.84. The molecule has 4 heteroatoms. The molecule has 2 rings (SSSR count). The lowest BCUT2D eigenvalue weighted by Crippen LogP contribution is -2.67. The van der Waals surface area contributed by atoms with Gasteiger partial charge in [-0.3, -0.25) is 9.59 Å². The van der Waals surface area contributed by atoms with Crippen molar-refractivity contribution in [1.82, 2.24) is 10.2 Å². The Morgan fingerprint density at radius 1 is 1.10 bits per heavy atom. The molecule has 0 bridgehead atoms. The molecular formula is C16H28N2O2. The summed E-state index contributed by atoms with van der Waals surface area (Å²) in [7, 11) is 0. The molecule has 1 heterocycles. The van der Waals surface area contributed by atoms with Crippen molar-refractivity contribution in [2.45, 2.75) is 71.3 Å². The van der Waals surface area contributed by atoms with Gasteiger partial charge in [-0.25, -0.2) is 0 Å². The average Bonchev–Trinajstić information content (AvgIpc) is 2.43. The van der Waals surface area contributed by atoms with Crippen molar-refractivity contribution >= 4 is 11.8 Å². The average molecular weight is 280 g/mol. The Balaban J connectivity index is 2.14. The van der Waals surface area contributed by atoms with Gasteiger partial charge in [0.1, 0.15) is 5.54 Å². The molecule has 20 heavy (non-hydrogen) atoms. The van der Waals surface area contributed by atoms with Crippen LogP contribution in [0.5, 0.6) is 0 Å². The Bertz CT molecular complexity index is 382. The minimum Gasteiger partial charge on any atom is -0.340 e. The summed E-state index contributed by atoms with van der Waals surface area (Å²) < 4.78 is 0. The van der Waals surface area contributed by atoms with Crippen LogP contribution in [0.2, 0.25) is 0 Å². The highest BCUT2D eigenvalue weighted by atomic mass is 16.2. The van der Waals surface area contributed by atoms with E-state index in [-0.39, 0.29) is 23.8 Å². The highest BCUT2D eigenvalue weighted by Crippen LogP contribution is 2.37. The van der Waals surface area contributed by atoms with Crippen LogP contribution in [0.4, 0.5) is 0 Å². The monoisotopic (exact) mass is 280 g/mol. The zero-order valence-corrected chi connectivity index (χ0v) is 13.1. The molecule has 1 N–H and O–H groups in total. The lowest BCUT2D eigenvalue weighted by atomic mass is 9.75. The number of nitrogens with one attached hydrogen (secondary N) is 1. The Labute approximate surface area is 122 Å². The van der Waals surface area contributed by atoms with Gasteiger partial charge < -0.3 is 10.2 Å². The highest BCUT2D eigenvalue weighted by molar-refractivity contribution is 5.97. The van der Waals surface area contributed by atoms with Gasteiger partial charge in [0.05, 0.1) is 6.54 Å². The summed E-state index contributed by atoms with van der Waals surface area (Å²) >= 11 is 0. The van der Waals surface area contributed by atoms with Gasteiger partial charge in [0.2, 0.25) is 11.8 Å². The van der Waals surface area contributed by atoms with Crippen molar-refractivity contribution in [1.29, 1.82) is 0 Å². The van der Waals surface area contributed by atoms with Crippen molar-refractivity contribution in [2.75, 3.05) is 13.1 Å². The van der Waals surface area contributed by atoms with E-state index in [4.69, 9.17) is 0 Å². The maximum Gasteiger partial charge on any atom is 0.248 e. The number of hydrogen-bond donors (Lipinski definition) is 1. The zero-order valence-electron chi connectivity index (χ0n) is 13.1. The van der Waals surface area contributed by atoms with E-state index in [1.807, 2.05) is 18.7 Å². The molecule has 0 aromatic heterocycles. The predicted molar refractivity (Wildman–Crippen MR) is 79.2 cm³/mol. The predicted octanol–water partition coefficient (Wildman–Crippen LogP) is 2.47. The van der Waals surface area contributed by atoms with Crippen molar-refractivity contribution < 1.29 is 9.59 Å². The second-order valence-corrected chi connectivity index (χ2v) is 6.87. The van der Waals surface area contributed by atoms with Crippen molar-refractivity contribution in [2.24, 2.45) is 5.41 Å². The summed E-state index contributed by atoms with van der Waals surface area (Å²) in [5.41, 5.74) is -0.473. The van der Waals surface area contributed by atoms with Gasteiger partial charge in [-0.15, -0.1) is 0 Å². The Morgan fingerprint density at radius 3 is 2.25 bits per heavy atom. The molecular weight excluding hydrogens is 252 g/mol. The first-order chi connectivity index (χ1) is 9.45. The highest BCUT2D eigenvalue weighted by Gasteiger charge is 2.45. The van der Waals surface area contributed by atoms with Crippen LogP contribution in [0, 0.1) is 5.41 Å². The van der Waals surface area contributed by atoms with Crippen LogP contribution in [0.3, 0.4) is 0 Å². The third-order valence-electron chi connectivity index (χ3n) is 5.25. The molecule has 2 fully saturated rings. The van der Waals surface area contributed by atoms with Crippen molar-refractivity contribution in [3.63, 3.8) is 0 Å². The van der Waals surface area contributed by atoms with Crippen LogP contribution in [0.25, 0.3) is 0 Å². The lowest BCUT2D eigenvalue weighted by molar-refractivity contribution is -0.152. The van der Waals surface area contributed by atoms with Gasteiger partial charge in [0, 0.05) is 6.54 Å². The summed E-state index contributed by atoms with van der Waals surface area (Å²) in [4.78, 5) is 26.6. The van der Waals surface area contributed by atoms with E-state index >= 15 is 0 Å². The molecule has 0 unspecified atom stereocenters. The van der Waals surface area contributed by atoms with Crippen LogP contribution >= 0.6 is 0 Å². The SMILES string of the molecule is CCC1(CC)NC(=O)CN(CC2(C)CCCCC2)C1=O. The molecule has 4 nitrogen and oxygen atoms in total. The number of rotatable bonds is 4. The number of piperazine rings is 1. The second kappa shape index (κ2) is 5.74. The summed E-state index contributed by atoms with van der Waals surface area (Å²) in [6, 6.07) is 0. The quantitative estimate of drug-likeness (QED) is 0.860. The Hall–Kier alpha value is -1.06. The fourth-order valence-electron chi connectivity index (χ4n) is 3.79. The molecule has 0 aromatic carbocycles. The van der Waals surface area contributed by atoms with Gasteiger partial charge >= 0.3 is 0 Å². The van der Waals surface area contributed by atoms with Crippen molar-refractivity contribution in [3.05, 3.63) is 0 Å². The maximum absolute atomic E-state index is 12.8. The second-order valence-electron chi connectivity index (χ2n) is 6.87. The summed E-state index contributed by atoms with van der Waals surface area (Å²) in [6.45, 7) is 7.20. The molecule has 1 aliphatic heterocycles. The first kappa shape index (κ1) is 15.3. The Morgan fingerprint density at radius 2 is 1.70 bits per heavy atom. The van der Waals surface area contributed by atoms with E-state index in [1.165, 1.54) is 32.1 Å². The molecule has 0 radical (unpaired) electrons. The van der Waals surface area contributed by atoms with Crippen LogP contribution in [-0.4, -0.2) is 35.3 Å². The van der Waals surface area contributed by atoms with E-state index in [1.54, 1.807) is 0 Å². The number of amides is 2. The molecule has 1 aliphatic carbocycles. The van der Waals surface area contributed by atoms with E-state index in [9.17, 15) is 9.59 Å². The maximum atomic E-state index is 12.8. The molecule has 0 spiro atoms. The third-order valence-corrected chi connectivity index (χ3v) is 5.25. The van der Waals surface area contributed by atoms with E-state index < -0.39 is 5.54 Å². The van der Waals surface area contributed by atoms with E-state index in [0.29, 0.717) is 12.8 Å². The van der Waals surface area contributed by atoms with Gasteiger partial charge in [-0.05, 0) is 31.1 Å². The minimum absolute atomic E-state index is 0.00675. The fourth-order valence-corrected chi connectivity index (χ4v) is 3.79. The minimum atomic E-state index is -0.666. The van der Waals surface area contributed by atoms with Crippen LogP contribution < -0.4 is 5.32 Å². The van der Waals surface area contributed by atoms with Crippen LogP contribution in [-0.2, 0) is 9.59 Å². The largest absolute Gasteiger partial charge is 0.340 e. The first-order valence-corrected chi connectivity index (χ1v) is 8.05. The van der Waals surface area contributed by atoms with Crippen LogP contribution in [0.1, 0.15) is 65.7 Å². The number of hydrogen-bond acceptors (Lipinski definition) is 2. The first-order valence-electron chi connectivity index (χ1n) is 8.05. The number of carbonyl (C=O) groups is 2. The molecule has 1 saturated carbocycles. The molecule has 114 valence electrons. The van der Waals surface area contributed by atoms with Crippen molar-refractivity contribution in [3.8, 4) is 0 Å². The summed E-state index contributed by atoms with van der Waals surface area (Å²) in [5.74, 6) is 0.113. The van der Waals surface area contributed by atoms with Gasteiger partial charge in [0.25, 0.3) is 0 Å². The standard InChI is InChI=1S/C16H28N2O2/c1-4-16(5-2)14(20)18(11-13(19)17-16)12-15(3)9-7-6-8-10-15/h4-12H2,1-3H3,(H,17,19). The summed E-state index contributed by atoms with van der Waals surface area (Å²) in [6.07, 6.45) is 7.47. The number of nitrogens with zero attached hydrogens (tertiary/aromatic N) is 1. The fraction of sp³-hybridized carbons (Fsp3) is 0.875.